The molecule has 0 atom stereocenters. The third-order valence-electron chi connectivity index (χ3n) is 2.75. The summed E-state index contributed by atoms with van der Waals surface area (Å²) in [7, 11) is 3.22. The number of hydrogen-bond acceptors (Lipinski definition) is 3. The van der Waals surface area contributed by atoms with Crippen LogP contribution in [-0.2, 0) is 0 Å². The molecule has 0 fully saturated rings. The third kappa shape index (κ3) is 4.32. The fraction of sp³-hybridized carbons (Fsp3) is 0.400. The van der Waals surface area contributed by atoms with Crippen LogP contribution in [0.2, 0.25) is 0 Å². The van der Waals surface area contributed by atoms with Crippen molar-refractivity contribution in [3.8, 4) is 11.5 Å². The Bertz CT molecular complexity index is 457. The molecule has 4 heteroatoms. The molecule has 0 aliphatic rings. The van der Waals surface area contributed by atoms with E-state index in [1.54, 1.807) is 20.3 Å². The number of nitrogens with zero attached hydrogens (tertiary/aromatic N) is 1. The summed E-state index contributed by atoms with van der Waals surface area (Å²) in [4.78, 5) is 4.43. The number of nitrogens with two attached hydrogens (primary N) is 1. The summed E-state index contributed by atoms with van der Waals surface area (Å²) < 4.78 is 10.4. The van der Waals surface area contributed by atoms with Crippen LogP contribution in [0.25, 0.3) is 0 Å². The van der Waals surface area contributed by atoms with E-state index in [0.717, 1.165) is 24.1 Å². The fourth-order valence-corrected chi connectivity index (χ4v) is 1.74. The fourth-order valence-electron chi connectivity index (χ4n) is 1.74. The summed E-state index contributed by atoms with van der Waals surface area (Å²) in [5.74, 6) is 1.94. The first-order chi connectivity index (χ1) is 9.14. The molecule has 1 rings (SSSR count). The predicted molar refractivity (Wildman–Crippen MR) is 79.5 cm³/mol. The minimum atomic E-state index is 0.541. The van der Waals surface area contributed by atoms with Crippen molar-refractivity contribution in [1.82, 2.24) is 0 Å². The maximum atomic E-state index is 6.03. The van der Waals surface area contributed by atoms with Crippen LogP contribution in [0.1, 0.15) is 26.7 Å². The van der Waals surface area contributed by atoms with Crippen molar-refractivity contribution in [2.24, 2.45) is 10.7 Å². The zero-order valence-corrected chi connectivity index (χ0v) is 12.1. The Morgan fingerprint density at radius 2 is 1.74 bits per heavy atom. The van der Waals surface area contributed by atoms with E-state index in [4.69, 9.17) is 15.2 Å². The molecular formula is C15H22N2O2. The zero-order chi connectivity index (χ0) is 14.3. The van der Waals surface area contributed by atoms with Crippen molar-refractivity contribution in [3.05, 3.63) is 29.8 Å². The van der Waals surface area contributed by atoms with Crippen LogP contribution < -0.4 is 15.2 Å². The predicted octanol–water partition coefficient (Wildman–Crippen LogP) is 3.44. The van der Waals surface area contributed by atoms with Crippen molar-refractivity contribution in [3.63, 3.8) is 0 Å². The van der Waals surface area contributed by atoms with E-state index in [9.17, 15) is 0 Å². The van der Waals surface area contributed by atoms with Gasteiger partial charge in [0.25, 0.3) is 0 Å². The van der Waals surface area contributed by atoms with Gasteiger partial charge >= 0.3 is 0 Å². The molecule has 19 heavy (non-hydrogen) atoms. The Hall–Kier alpha value is -1.97. The summed E-state index contributed by atoms with van der Waals surface area (Å²) in [6.07, 6.45) is 3.90. The number of amidine groups is 1. The normalized spacial score (nSPS) is 12.4. The van der Waals surface area contributed by atoms with Crippen LogP contribution in [0, 0.1) is 0 Å². The van der Waals surface area contributed by atoms with Crippen LogP contribution in [-0.4, -0.2) is 20.1 Å². The summed E-state index contributed by atoms with van der Waals surface area (Å²) >= 11 is 0. The number of methoxy groups -OCH3 is 2. The number of allylic oxidation sites excluding steroid dienone is 1. The molecule has 0 aromatic heterocycles. The van der Waals surface area contributed by atoms with Crippen LogP contribution in [0.4, 0.5) is 5.69 Å². The molecule has 104 valence electrons. The van der Waals surface area contributed by atoms with Gasteiger partial charge in [0.2, 0.25) is 0 Å². The third-order valence-corrected chi connectivity index (χ3v) is 2.75. The summed E-state index contributed by atoms with van der Waals surface area (Å²) in [6.45, 7) is 4.15. The smallest absolute Gasteiger partial charge is 0.126 e. The SMILES string of the molecule is CC/C=C(\CC)C(N)=Nc1cc(OC)cc(OC)c1. The highest BCUT2D eigenvalue weighted by Gasteiger charge is 2.04. The monoisotopic (exact) mass is 262 g/mol. The van der Waals surface area contributed by atoms with E-state index < -0.39 is 0 Å². The van der Waals surface area contributed by atoms with Crippen molar-refractivity contribution in [2.75, 3.05) is 14.2 Å². The van der Waals surface area contributed by atoms with Crippen molar-refractivity contribution in [2.45, 2.75) is 26.7 Å². The molecule has 0 saturated carbocycles. The molecule has 1 aromatic rings. The molecule has 0 radical (unpaired) electrons. The Labute approximate surface area is 114 Å². The first-order valence-corrected chi connectivity index (χ1v) is 6.41. The number of benzene rings is 1. The Morgan fingerprint density at radius 3 is 2.16 bits per heavy atom. The maximum Gasteiger partial charge on any atom is 0.126 e. The topological polar surface area (TPSA) is 56.8 Å². The van der Waals surface area contributed by atoms with Gasteiger partial charge in [-0.15, -0.1) is 0 Å². The lowest BCUT2D eigenvalue weighted by molar-refractivity contribution is 0.394. The minimum Gasteiger partial charge on any atom is -0.497 e. The van der Waals surface area contributed by atoms with E-state index in [2.05, 4.69) is 24.9 Å². The maximum absolute atomic E-state index is 6.03. The molecule has 0 aliphatic carbocycles. The van der Waals surface area contributed by atoms with E-state index >= 15 is 0 Å². The van der Waals surface area contributed by atoms with Crippen molar-refractivity contribution in [1.29, 1.82) is 0 Å². The Morgan fingerprint density at radius 1 is 1.16 bits per heavy atom. The van der Waals surface area contributed by atoms with Crippen LogP contribution in [0.15, 0.2) is 34.8 Å². The second-order valence-corrected chi connectivity index (χ2v) is 4.06. The van der Waals surface area contributed by atoms with Gasteiger partial charge in [-0.1, -0.05) is 19.9 Å². The van der Waals surface area contributed by atoms with Gasteiger partial charge in [0.05, 0.1) is 19.9 Å². The molecule has 2 N–H and O–H groups in total. The van der Waals surface area contributed by atoms with Gasteiger partial charge in [-0.25, -0.2) is 4.99 Å². The summed E-state index contributed by atoms with van der Waals surface area (Å²) in [5.41, 5.74) is 7.82. The summed E-state index contributed by atoms with van der Waals surface area (Å²) in [5, 5.41) is 0. The van der Waals surface area contributed by atoms with Gasteiger partial charge in [-0.3, -0.25) is 0 Å². The summed E-state index contributed by atoms with van der Waals surface area (Å²) in [6, 6.07) is 5.46. The lowest BCUT2D eigenvalue weighted by Crippen LogP contribution is -2.14. The van der Waals surface area contributed by atoms with Crippen LogP contribution >= 0.6 is 0 Å². The molecule has 0 aliphatic heterocycles. The van der Waals surface area contributed by atoms with Crippen LogP contribution in [0.5, 0.6) is 11.5 Å². The van der Waals surface area contributed by atoms with E-state index in [-0.39, 0.29) is 0 Å². The molecule has 0 spiro atoms. The number of ether oxygens (including phenoxy) is 2. The van der Waals surface area contributed by atoms with Crippen LogP contribution in [0.3, 0.4) is 0 Å². The molecule has 0 amide bonds. The lowest BCUT2D eigenvalue weighted by Gasteiger charge is -2.07. The number of aliphatic imine (C=N–C) groups is 1. The number of hydrogen-bond donors (Lipinski definition) is 1. The molecule has 0 bridgehead atoms. The Balaban J connectivity index is 3.12. The Kier molecular flexibility index (Phi) is 5.93. The minimum absolute atomic E-state index is 0.541. The first kappa shape index (κ1) is 15.1. The molecule has 1 aromatic carbocycles. The average molecular weight is 262 g/mol. The van der Waals surface area contributed by atoms with E-state index in [1.165, 1.54) is 0 Å². The molecule has 0 saturated heterocycles. The molecule has 0 heterocycles. The van der Waals surface area contributed by atoms with Gasteiger partial charge in [-0.05, 0) is 18.4 Å². The standard InChI is InChI=1S/C15H22N2O2/c1-5-7-11(6-2)15(16)17-12-8-13(18-3)10-14(9-12)19-4/h7-10H,5-6H2,1-4H3,(H2,16,17)/b11-7+. The van der Waals surface area contributed by atoms with Gasteiger partial charge < -0.3 is 15.2 Å². The zero-order valence-electron chi connectivity index (χ0n) is 12.1. The highest BCUT2D eigenvalue weighted by molar-refractivity contribution is 5.98. The largest absolute Gasteiger partial charge is 0.497 e. The molecule has 0 unspecified atom stereocenters. The highest BCUT2D eigenvalue weighted by Crippen LogP contribution is 2.28. The van der Waals surface area contributed by atoms with Crippen molar-refractivity contribution >= 4 is 11.5 Å². The van der Waals surface area contributed by atoms with E-state index in [1.807, 2.05) is 12.1 Å². The lowest BCUT2D eigenvalue weighted by atomic mass is 10.1. The highest BCUT2D eigenvalue weighted by atomic mass is 16.5. The van der Waals surface area contributed by atoms with Gasteiger partial charge in [0.15, 0.2) is 0 Å². The van der Waals surface area contributed by atoms with E-state index in [0.29, 0.717) is 17.3 Å². The second kappa shape index (κ2) is 7.46. The second-order valence-electron chi connectivity index (χ2n) is 4.06. The van der Waals surface area contributed by atoms with Gasteiger partial charge in [-0.2, -0.15) is 0 Å². The average Bonchev–Trinajstić information content (AvgIpc) is 2.43. The van der Waals surface area contributed by atoms with Gasteiger partial charge in [0, 0.05) is 18.2 Å². The number of rotatable bonds is 6. The van der Waals surface area contributed by atoms with Crippen molar-refractivity contribution < 1.29 is 9.47 Å². The quantitative estimate of drug-likeness (QED) is 0.631. The molecule has 4 nitrogen and oxygen atoms in total. The molecular weight excluding hydrogens is 240 g/mol. The first-order valence-electron chi connectivity index (χ1n) is 6.41. The van der Waals surface area contributed by atoms with Gasteiger partial charge in [0.1, 0.15) is 17.3 Å².